The Bertz CT molecular complexity index is 335. The van der Waals surface area contributed by atoms with Crippen LogP contribution < -0.4 is 0 Å². The molecule has 1 aromatic rings. The first-order valence-electron chi connectivity index (χ1n) is 5.22. The van der Waals surface area contributed by atoms with Gasteiger partial charge in [-0.3, -0.25) is 4.90 Å². The molecule has 1 aliphatic heterocycles. The van der Waals surface area contributed by atoms with Crippen LogP contribution in [0.15, 0.2) is 15.9 Å². The number of nitrogens with zero attached hydrogens (tertiary/aromatic N) is 1. The van der Waals surface area contributed by atoms with E-state index >= 15 is 0 Å². The van der Waals surface area contributed by atoms with E-state index in [0.717, 1.165) is 12.0 Å². The van der Waals surface area contributed by atoms with Crippen molar-refractivity contribution < 1.29 is 0 Å². The van der Waals surface area contributed by atoms with E-state index < -0.39 is 0 Å². The first-order valence-corrected chi connectivity index (χ1v) is 6.89. The van der Waals surface area contributed by atoms with E-state index in [1.54, 1.807) is 0 Å². The molecule has 0 aromatic carbocycles. The van der Waals surface area contributed by atoms with Gasteiger partial charge in [-0.1, -0.05) is 6.42 Å². The number of thiophene rings is 1. The molecule has 2 fully saturated rings. The van der Waals surface area contributed by atoms with Crippen molar-refractivity contribution in [2.45, 2.75) is 25.8 Å². The van der Waals surface area contributed by atoms with E-state index in [0.29, 0.717) is 0 Å². The summed E-state index contributed by atoms with van der Waals surface area (Å²) in [6.45, 7) is 3.84. The van der Waals surface area contributed by atoms with Crippen LogP contribution in [-0.2, 0) is 6.54 Å². The molecular weight excluding hydrogens is 258 g/mol. The lowest BCUT2D eigenvalue weighted by molar-refractivity contribution is -0.0641. The third kappa shape index (κ3) is 1.46. The monoisotopic (exact) mass is 271 g/mol. The fourth-order valence-electron chi connectivity index (χ4n) is 2.65. The summed E-state index contributed by atoms with van der Waals surface area (Å²) in [5.41, 5.74) is 0.768. The Morgan fingerprint density at radius 3 is 2.71 bits per heavy atom. The Balaban J connectivity index is 1.58. The summed E-state index contributed by atoms with van der Waals surface area (Å²) >= 11 is 5.46. The van der Waals surface area contributed by atoms with Crippen LogP contribution in [0, 0.1) is 5.41 Å². The van der Waals surface area contributed by atoms with Crippen molar-refractivity contribution in [1.29, 1.82) is 0 Å². The molecule has 0 radical (unpaired) electrons. The molecule has 1 nitrogen and oxygen atoms in total. The SMILES string of the molecule is Brc1ccsc1CN1CC2(CCC2)C1. The van der Waals surface area contributed by atoms with E-state index in [2.05, 4.69) is 32.3 Å². The maximum Gasteiger partial charge on any atom is 0.0339 e. The first-order chi connectivity index (χ1) is 6.77. The van der Waals surface area contributed by atoms with Crippen LogP contribution in [0.2, 0.25) is 0 Å². The van der Waals surface area contributed by atoms with Gasteiger partial charge in [0.2, 0.25) is 0 Å². The van der Waals surface area contributed by atoms with Crippen molar-refractivity contribution in [2.24, 2.45) is 5.41 Å². The molecule has 3 heteroatoms. The van der Waals surface area contributed by atoms with Gasteiger partial charge in [-0.15, -0.1) is 11.3 Å². The molecule has 0 atom stereocenters. The minimum atomic E-state index is 0.768. The van der Waals surface area contributed by atoms with Crippen LogP contribution in [0.4, 0.5) is 0 Å². The molecule has 2 aliphatic rings. The van der Waals surface area contributed by atoms with Gasteiger partial charge in [0.05, 0.1) is 0 Å². The molecule has 14 heavy (non-hydrogen) atoms. The normalized spacial score (nSPS) is 24.6. The van der Waals surface area contributed by atoms with Gasteiger partial charge < -0.3 is 0 Å². The lowest BCUT2D eigenvalue weighted by atomic mass is 9.63. The van der Waals surface area contributed by atoms with E-state index in [-0.39, 0.29) is 0 Å². The summed E-state index contributed by atoms with van der Waals surface area (Å²) in [4.78, 5) is 4.06. The quantitative estimate of drug-likeness (QED) is 0.796. The van der Waals surface area contributed by atoms with Gasteiger partial charge in [-0.05, 0) is 45.6 Å². The van der Waals surface area contributed by atoms with E-state index in [1.807, 2.05) is 11.3 Å². The van der Waals surface area contributed by atoms with Crippen LogP contribution >= 0.6 is 27.3 Å². The van der Waals surface area contributed by atoms with Gasteiger partial charge in [0.1, 0.15) is 0 Å². The Kier molecular flexibility index (Phi) is 2.22. The van der Waals surface area contributed by atoms with Gasteiger partial charge >= 0.3 is 0 Å². The molecular formula is C11H14BrNS. The van der Waals surface area contributed by atoms with Crippen molar-refractivity contribution in [3.8, 4) is 0 Å². The summed E-state index contributed by atoms with van der Waals surface area (Å²) in [6.07, 6.45) is 4.43. The Morgan fingerprint density at radius 1 is 1.43 bits per heavy atom. The molecule has 1 saturated heterocycles. The number of hydrogen-bond acceptors (Lipinski definition) is 2. The molecule has 1 spiro atoms. The lowest BCUT2D eigenvalue weighted by Gasteiger charge is -2.56. The minimum Gasteiger partial charge on any atom is -0.297 e. The standard InChI is InChI=1S/C11H14BrNS/c12-9-2-5-14-10(9)6-13-7-11(8-13)3-1-4-11/h2,5H,1,3-4,6-8H2. The third-order valence-corrected chi connectivity index (χ3v) is 5.50. The molecule has 1 aromatic heterocycles. The number of rotatable bonds is 2. The second kappa shape index (κ2) is 3.32. The highest BCUT2D eigenvalue weighted by molar-refractivity contribution is 9.10. The molecule has 0 amide bonds. The largest absolute Gasteiger partial charge is 0.297 e. The highest BCUT2D eigenvalue weighted by atomic mass is 79.9. The van der Waals surface area contributed by atoms with Crippen molar-refractivity contribution in [3.63, 3.8) is 0 Å². The van der Waals surface area contributed by atoms with Crippen LogP contribution in [0.3, 0.4) is 0 Å². The maximum atomic E-state index is 3.59. The molecule has 0 unspecified atom stereocenters. The zero-order valence-corrected chi connectivity index (χ0v) is 10.5. The van der Waals surface area contributed by atoms with Crippen LogP contribution in [-0.4, -0.2) is 18.0 Å². The van der Waals surface area contributed by atoms with E-state index in [1.165, 1.54) is 41.7 Å². The molecule has 3 rings (SSSR count). The summed E-state index contributed by atoms with van der Waals surface area (Å²) in [7, 11) is 0. The summed E-state index contributed by atoms with van der Waals surface area (Å²) < 4.78 is 1.29. The number of likely N-dealkylation sites (tertiary alicyclic amines) is 1. The molecule has 76 valence electrons. The topological polar surface area (TPSA) is 3.24 Å². The van der Waals surface area contributed by atoms with Gasteiger partial charge in [-0.25, -0.2) is 0 Å². The van der Waals surface area contributed by atoms with Crippen molar-refractivity contribution in [1.82, 2.24) is 4.90 Å². The molecule has 0 N–H and O–H groups in total. The highest BCUT2D eigenvalue weighted by Crippen LogP contribution is 2.48. The molecule has 0 bridgehead atoms. The average Bonchev–Trinajstić information content (AvgIpc) is 2.39. The Hall–Kier alpha value is 0.140. The predicted molar refractivity (Wildman–Crippen MR) is 63.6 cm³/mol. The summed E-state index contributed by atoms with van der Waals surface area (Å²) in [5, 5.41) is 2.16. The van der Waals surface area contributed by atoms with Crippen LogP contribution in [0.1, 0.15) is 24.1 Å². The molecule has 2 heterocycles. The fourth-order valence-corrected chi connectivity index (χ4v) is 4.17. The van der Waals surface area contributed by atoms with E-state index in [9.17, 15) is 0 Å². The van der Waals surface area contributed by atoms with Gasteiger partial charge in [0.15, 0.2) is 0 Å². The van der Waals surface area contributed by atoms with Crippen molar-refractivity contribution >= 4 is 27.3 Å². The van der Waals surface area contributed by atoms with Crippen molar-refractivity contribution in [3.05, 3.63) is 20.8 Å². The number of halogens is 1. The highest BCUT2D eigenvalue weighted by Gasteiger charge is 2.46. The lowest BCUT2D eigenvalue weighted by Crippen LogP contribution is -2.58. The molecule has 1 saturated carbocycles. The van der Waals surface area contributed by atoms with Crippen molar-refractivity contribution in [2.75, 3.05) is 13.1 Å². The zero-order valence-electron chi connectivity index (χ0n) is 8.13. The zero-order chi connectivity index (χ0) is 9.60. The van der Waals surface area contributed by atoms with Gasteiger partial charge in [0, 0.05) is 29.0 Å². The van der Waals surface area contributed by atoms with Crippen LogP contribution in [0.25, 0.3) is 0 Å². The first kappa shape index (κ1) is 9.37. The Morgan fingerprint density at radius 2 is 2.21 bits per heavy atom. The Labute approximate surface area is 97.2 Å². The summed E-state index contributed by atoms with van der Waals surface area (Å²) in [6, 6.07) is 2.15. The summed E-state index contributed by atoms with van der Waals surface area (Å²) in [5.74, 6) is 0. The average molecular weight is 272 g/mol. The smallest absolute Gasteiger partial charge is 0.0339 e. The second-order valence-corrected chi connectivity index (χ2v) is 6.55. The second-order valence-electron chi connectivity index (χ2n) is 4.69. The number of hydrogen-bond donors (Lipinski definition) is 0. The minimum absolute atomic E-state index is 0.768. The van der Waals surface area contributed by atoms with Gasteiger partial charge in [-0.2, -0.15) is 0 Å². The maximum absolute atomic E-state index is 3.59. The third-order valence-electron chi connectivity index (χ3n) is 3.59. The van der Waals surface area contributed by atoms with Crippen LogP contribution in [0.5, 0.6) is 0 Å². The van der Waals surface area contributed by atoms with E-state index in [4.69, 9.17) is 0 Å². The molecule has 1 aliphatic carbocycles. The fraction of sp³-hybridized carbons (Fsp3) is 0.636. The predicted octanol–water partition coefficient (Wildman–Crippen LogP) is 3.50. The van der Waals surface area contributed by atoms with Gasteiger partial charge in [0.25, 0.3) is 0 Å².